The minimum Gasteiger partial charge on any atom is -0.487 e. The molecule has 2 aromatic carbocycles. The van der Waals surface area contributed by atoms with E-state index in [1.54, 1.807) is 0 Å². The van der Waals surface area contributed by atoms with Crippen LogP contribution < -0.4 is 10.1 Å². The van der Waals surface area contributed by atoms with Crippen LogP contribution in [0.1, 0.15) is 6.42 Å². The monoisotopic (exact) mass is 358 g/mol. The average Bonchev–Trinajstić information content (AvgIpc) is 2.96. The molecule has 0 fully saturated rings. The smallest absolute Gasteiger partial charge is 0.260 e. The number of rotatable bonds is 6. The Labute approximate surface area is 148 Å². The minimum absolute atomic E-state index is 0.000780. The minimum atomic E-state index is -0.560. The van der Waals surface area contributed by atoms with Crippen molar-refractivity contribution in [2.24, 2.45) is 4.99 Å². The SMILES string of the molecule is O=C(C[C@H]1SC(COc2ccccc2)=NC1=O)Nc1ccc(F)cc1. The Morgan fingerprint density at radius 1 is 1.16 bits per heavy atom. The van der Waals surface area contributed by atoms with Gasteiger partial charge in [-0.2, -0.15) is 0 Å². The van der Waals surface area contributed by atoms with E-state index in [0.717, 1.165) is 0 Å². The zero-order chi connectivity index (χ0) is 17.6. The van der Waals surface area contributed by atoms with Gasteiger partial charge in [-0.15, -0.1) is 0 Å². The van der Waals surface area contributed by atoms with E-state index in [1.165, 1.54) is 36.0 Å². The Hall–Kier alpha value is -2.67. The van der Waals surface area contributed by atoms with E-state index in [2.05, 4.69) is 10.3 Å². The molecule has 128 valence electrons. The molecule has 0 spiro atoms. The van der Waals surface area contributed by atoms with E-state index >= 15 is 0 Å². The van der Waals surface area contributed by atoms with Gasteiger partial charge in [0, 0.05) is 12.1 Å². The number of nitrogens with zero attached hydrogens (tertiary/aromatic N) is 1. The molecule has 1 aliphatic heterocycles. The van der Waals surface area contributed by atoms with Crippen LogP contribution in [0.4, 0.5) is 10.1 Å². The van der Waals surface area contributed by atoms with Gasteiger partial charge in [-0.1, -0.05) is 30.0 Å². The number of halogens is 1. The highest BCUT2D eigenvalue weighted by Crippen LogP contribution is 2.26. The van der Waals surface area contributed by atoms with Crippen molar-refractivity contribution in [3.05, 3.63) is 60.4 Å². The van der Waals surface area contributed by atoms with Crippen LogP contribution >= 0.6 is 11.8 Å². The molecule has 1 aliphatic rings. The topological polar surface area (TPSA) is 67.8 Å². The Morgan fingerprint density at radius 3 is 2.60 bits per heavy atom. The molecular formula is C18H15FN2O3S. The van der Waals surface area contributed by atoms with Gasteiger partial charge in [-0.05, 0) is 36.4 Å². The maximum absolute atomic E-state index is 12.9. The second-order valence-corrected chi connectivity index (χ2v) is 6.59. The highest BCUT2D eigenvalue weighted by atomic mass is 32.2. The van der Waals surface area contributed by atoms with Crippen LogP contribution in [0.15, 0.2) is 59.6 Å². The number of aliphatic imine (C=N–C) groups is 1. The van der Waals surface area contributed by atoms with Crippen LogP contribution in [-0.4, -0.2) is 28.7 Å². The lowest BCUT2D eigenvalue weighted by Crippen LogP contribution is -2.21. The third-order valence-electron chi connectivity index (χ3n) is 3.39. The van der Waals surface area contributed by atoms with Gasteiger partial charge >= 0.3 is 0 Å². The second-order valence-electron chi connectivity index (χ2n) is 5.31. The summed E-state index contributed by atoms with van der Waals surface area (Å²) in [6, 6.07) is 14.7. The fraction of sp³-hybridized carbons (Fsp3) is 0.167. The highest BCUT2D eigenvalue weighted by molar-refractivity contribution is 8.15. The first-order valence-corrected chi connectivity index (χ1v) is 8.49. The van der Waals surface area contributed by atoms with E-state index in [4.69, 9.17) is 4.74 Å². The number of hydrogen-bond acceptors (Lipinski definition) is 4. The third kappa shape index (κ3) is 4.90. The van der Waals surface area contributed by atoms with Gasteiger partial charge in [0.25, 0.3) is 5.91 Å². The predicted molar refractivity (Wildman–Crippen MR) is 95.4 cm³/mol. The Kier molecular flexibility index (Phi) is 5.45. The maximum Gasteiger partial charge on any atom is 0.260 e. The molecule has 0 saturated carbocycles. The Morgan fingerprint density at radius 2 is 1.88 bits per heavy atom. The summed E-state index contributed by atoms with van der Waals surface area (Å²) in [5.74, 6) is -0.351. The number of para-hydroxylation sites is 1. The average molecular weight is 358 g/mol. The number of anilines is 1. The molecule has 0 bridgehead atoms. The summed E-state index contributed by atoms with van der Waals surface area (Å²) in [5, 5.41) is 2.63. The number of nitrogens with one attached hydrogen (secondary N) is 1. The first-order valence-electron chi connectivity index (χ1n) is 7.61. The zero-order valence-corrected chi connectivity index (χ0v) is 14.0. The van der Waals surface area contributed by atoms with E-state index in [-0.39, 0.29) is 30.7 Å². The first-order chi connectivity index (χ1) is 12.1. The van der Waals surface area contributed by atoms with Gasteiger partial charge in [0.05, 0.1) is 0 Å². The number of thioether (sulfide) groups is 1. The number of ether oxygens (including phenoxy) is 1. The summed E-state index contributed by atoms with van der Waals surface area (Å²) < 4.78 is 18.4. The molecule has 2 aromatic rings. The molecule has 1 heterocycles. The normalized spacial score (nSPS) is 16.4. The lowest BCUT2D eigenvalue weighted by Gasteiger charge is -2.09. The van der Waals surface area contributed by atoms with Gasteiger partial charge in [0.15, 0.2) is 0 Å². The van der Waals surface area contributed by atoms with Crippen molar-refractivity contribution in [2.45, 2.75) is 11.7 Å². The summed E-state index contributed by atoms with van der Waals surface area (Å²) in [4.78, 5) is 27.9. The van der Waals surface area contributed by atoms with E-state index < -0.39 is 5.25 Å². The second kappa shape index (κ2) is 7.94. The molecule has 0 aromatic heterocycles. The van der Waals surface area contributed by atoms with Gasteiger partial charge < -0.3 is 10.1 Å². The van der Waals surface area contributed by atoms with Crippen LogP contribution in [0.5, 0.6) is 5.75 Å². The summed E-state index contributed by atoms with van der Waals surface area (Å²) >= 11 is 1.23. The van der Waals surface area contributed by atoms with Crippen molar-refractivity contribution in [3.63, 3.8) is 0 Å². The molecule has 5 nitrogen and oxygen atoms in total. The molecule has 3 rings (SSSR count). The fourth-order valence-electron chi connectivity index (χ4n) is 2.21. The zero-order valence-electron chi connectivity index (χ0n) is 13.1. The number of amides is 2. The number of benzene rings is 2. The van der Waals surface area contributed by atoms with Crippen molar-refractivity contribution in [3.8, 4) is 5.75 Å². The number of hydrogen-bond donors (Lipinski definition) is 1. The van der Waals surface area contributed by atoms with Crippen LogP contribution in [0, 0.1) is 5.82 Å². The van der Waals surface area contributed by atoms with Crippen molar-refractivity contribution in [1.82, 2.24) is 0 Å². The van der Waals surface area contributed by atoms with Crippen molar-refractivity contribution in [2.75, 3.05) is 11.9 Å². The maximum atomic E-state index is 12.9. The van der Waals surface area contributed by atoms with Crippen LogP contribution in [-0.2, 0) is 9.59 Å². The summed E-state index contributed by atoms with van der Waals surface area (Å²) in [6.45, 7) is 0.191. The quantitative estimate of drug-likeness (QED) is 0.861. The van der Waals surface area contributed by atoms with Crippen LogP contribution in [0.2, 0.25) is 0 Å². The largest absolute Gasteiger partial charge is 0.487 e. The first kappa shape index (κ1) is 17.2. The molecule has 0 aliphatic carbocycles. The molecule has 7 heteroatoms. The van der Waals surface area contributed by atoms with E-state index in [9.17, 15) is 14.0 Å². The summed E-state index contributed by atoms with van der Waals surface area (Å²) in [6.07, 6.45) is -0.000780. The van der Waals surface area contributed by atoms with Crippen LogP contribution in [0.25, 0.3) is 0 Å². The number of carbonyl (C=O) groups excluding carboxylic acids is 2. The highest BCUT2D eigenvalue weighted by Gasteiger charge is 2.30. The van der Waals surface area contributed by atoms with Gasteiger partial charge in [-0.3, -0.25) is 9.59 Å². The van der Waals surface area contributed by atoms with Crippen molar-refractivity contribution < 1.29 is 18.7 Å². The predicted octanol–water partition coefficient (Wildman–Crippen LogP) is 3.27. The van der Waals surface area contributed by atoms with Gasteiger partial charge in [0.1, 0.15) is 28.5 Å². The van der Waals surface area contributed by atoms with Crippen molar-refractivity contribution in [1.29, 1.82) is 0 Å². The lowest BCUT2D eigenvalue weighted by atomic mass is 10.2. The summed E-state index contributed by atoms with van der Waals surface area (Å²) in [7, 11) is 0. The molecule has 2 amide bonds. The number of carbonyl (C=O) groups is 2. The molecule has 1 N–H and O–H groups in total. The fourth-order valence-corrected chi connectivity index (χ4v) is 3.19. The molecule has 25 heavy (non-hydrogen) atoms. The Balaban J connectivity index is 1.48. The molecule has 0 unspecified atom stereocenters. The van der Waals surface area contributed by atoms with Gasteiger partial charge in [-0.25, -0.2) is 9.38 Å². The molecule has 0 saturated heterocycles. The molecule has 0 radical (unpaired) electrons. The lowest BCUT2D eigenvalue weighted by molar-refractivity contribution is -0.121. The molecular weight excluding hydrogens is 343 g/mol. The van der Waals surface area contributed by atoms with Gasteiger partial charge in [0.2, 0.25) is 5.91 Å². The standard InChI is InChI=1S/C18H15FN2O3S/c19-12-6-8-13(9-7-12)20-16(22)10-15-18(23)21-17(25-15)11-24-14-4-2-1-3-5-14/h1-9,15H,10-11H2,(H,20,22)/t15-/m1/s1. The van der Waals surface area contributed by atoms with Crippen molar-refractivity contribution >= 4 is 34.3 Å². The third-order valence-corrected chi connectivity index (χ3v) is 4.53. The van der Waals surface area contributed by atoms with Crippen LogP contribution in [0.3, 0.4) is 0 Å². The molecule has 1 atom stereocenters. The van der Waals surface area contributed by atoms with E-state index in [1.807, 2.05) is 30.3 Å². The van der Waals surface area contributed by atoms with E-state index in [0.29, 0.717) is 16.5 Å². The summed E-state index contributed by atoms with van der Waals surface area (Å²) in [5.41, 5.74) is 0.482. The Bertz CT molecular complexity index is 794.